The van der Waals surface area contributed by atoms with Crippen LogP contribution in [0.2, 0.25) is 0 Å². The van der Waals surface area contributed by atoms with Gasteiger partial charge in [-0.05, 0) is 106 Å². The first kappa shape index (κ1) is 99.8. The number of benzene rings is 3. The second-order valence-corrected chi connectivity index (χ2v) is 34.4. The van der Waals surface area contributed by atoms with Crippen LogP contribution in [0, 0.1) is 5.92 Å². The molecule has 3 fully saturated rings. The van der Waals surface area contributed by atoms with E-state index in [1.54, 1.807) is 74.8 Å². The molecular formula is C88H121N21O19S. The second kappa shape index (κ2) is 47.7. The van der Waals surface area contributed by atoms with Gasteiger partial charge in [0, 0.05) is 112 Å². The number of nitrogens with one attached hydrogen (secondary N) is 15. The normalized spacial score (nSPS) is 25.2. The molecule has 6 aromatic rings. The van der Waals surface area contributed by atoms with Gasteiger partial charge < -0.3 is 114 Å². The van der Waals surface area contributed by atoms with Crippen LogP contribution in [0.5, 0.6) is 5.75 Å². The zero-order valence-electron chi connectivity index (χ0n) is 74.0. The van der Waals surface area contributed by atoms with E-state index in [2.05, 4.69) is 83.7 Å². The molecule has 0 radical (unpaired) electrons. The number of imidazole rings is 1. The molecule has 3 aliphatic rings. The molecule has 3 aromatic heterocycles. The Balaban J connectivity index is 1.14. The number of aromatic hydroxyl groups is 1. The molecule has 3 aliphatic heterocycles. The fourth-order valence-corrected chi connectivity index (χ4v) is 16.6. The zero-order valence-corrected chi connectivity index (χ0v) is 74.8. The molecule has 9 rings (SSSR count). The number of fused-ring (bicyclic) bond motifs is 12. The van der Waals surface area contributed by atoms with Gasteiger partial charge in [0.1, 0.15) is 90.3 Å². The van der Waals surface area contributed by atoms with Crippen LogP contribution < -0.4 is 69.5 Å². The second-order valence-electron chi connectivity index (χ2n) is 33.4. The first-order valence-corrected chi connectivity index (χ1v) is 44.7. The minimum Gasteiger partial charge on any atom is -0.508 e. The largest absolute Gasteiger partial charge is 0.508 e. The number of H-pyrrole nitrogens is 3. The molecule has 3 aromatic carbocycles. The van der Waals surface area contributed by atoms with E-state index in [4.69, 9.17) is 5.73 Å². The Morgan fingerprint density at radius 3 is 1.69 bits per heavy atom. The van der Waals surface area contributed by atoms with Crippen LogP contribution in [-0.2, 0) is 107 Å². The third-order valence-electron chi connectivity index (χ3n) is 23.2. The predicted molar refractivity (Wildman–Crippen MR) is 475 cm³/mol. The topological polar surface area (TPSA) is 574 Å². The van der Waals surface area contributed by atoms with Crippen LogP contribution >= 0.6 is 11.8 Å². The minimum absolute atomic E-state index is 0.00306. The van der Waals surface area contributed by atoms with Gasteiger partial charge in [-0.1, -0.05) is 102 Å². The number of hydrogen-bond acceptors (Lipinski definition) is 21. The summed E-state index contributed by atoms with van der Waals surface area (Å²) in [6, 6.07) is -1.90. The summed E-state index contributed by atoms with van der Waals surface area (Å²) in [4.78, 5) is 270. The monoisotopic (exact) mass is 1810 g/mol. The van der Waals surface area contributed by atoms with Crippen LogP contribution in [0.25, 0.3) is 21.8 Å². The Morgan fingerprint density at radius 1 is 0.519 bits per heavy atom. The minimum atomic E-state index is -1.87. The van der Waals surface area contributed by atoms with Crippen molar-refractivity contribution < 1.29 is 91.7 Å². The van der Waals surface area contributed by atoms with Gasteiger partial charge in [-0.25, -0.2) is 4.98 Å². The van der Waals surface area contributed by atoms with Crippen molar-refractivity contribution in [2.45, 2.75) is 229 Å². The lowest BCUT2D eigenvalue weighted by molar-refractivity contribution is -0.149. The number of aromatic amines is 3. The number of carbonyl (C=O) groups excluding carboxylic acids is 17. The molecule has 0 saturated carbocycles. The molecule has 17 amide bonds. The molecule has 41 heteroatoms. The summed E-state index contributed by atoms with van der Waals surface area (Å²) in [5, 5.41) is 54.7. The van der Waals surface area contributed by atoms with Crippen molar-refractivity contribution in [2.24, 2.45) is 11.7 Å². The van der Waals surface area contributed by atoms with Gasteiger partial charge in [0.25, 0.3) is 0 Å². The third kappa shape index (κ3) is 27.8. The highest BCUT2D eigenvalue weighted by atomic mass is 32.2. The molecule has 40 nitrogen and oxygen atoms in total. The van der Waals surface area contributed by atoms with Crippen LogP contribution in [0.4, 0.5) is 0 Å². The number of aliphatic hydroxyl groups excluding tert-OH is 1. The van der Waals surface area contributed by atoms with Crippen LogP contribution in [0.15, 0.2) is 97.7 Å². The first-order valence-electron chi connectivity index (χ1n) is 43.6. The first-order chi connectivity index (χ1) is 61.6. The van der Waals surface area contributed by atoms with Gasteiger partial charge in [-0.2, -0.15) is 0 Å². The van der Waals surface area contributed by atoms with Crippen molar-refractivity contribution >= 4 is 134 Å². The average Bonchev–Trinajstić information content (AvgIpc) is 1.54. The predicted octanol–water partition coefficient (Wildman–Crippen LogP) is -1.22. The zero-order chi connectivity index (χ0) is 93.9. The smallest absolute Gasteiger partial charge is 0.246 e. The number of aliphatic hydroxyl groups is 1. The SMILES string of the molecule is CCCC[C@H]1C(=O)N(C)[C@@H](CCCC)C(=O)N[C@@H](C)C(=O)N[C@H]2CSCC(=O)N[C@@H](Cc3ccc(O)cc3)C(=O)N(C)[C@@H](C)C(=O)N[C@@H](CC(N)=O)C(=O)N3CCCC3C(=O)N[C@@H](Cc3cnc[nH]3)C(=O)N[C@@H](CC(C)C)C(=O)N[C@@H](CCCNC(=O)CNC2=O)C(=O)N[C@@H](Cc2c[nH]c3ccccc23)C(=O)N[C@@H](CO)C(=O)N[C@@H](Cc2c[nH]c3ccccc23)C(=O)N1C. The number of phenols is 1. The van der Waals surface area contributed by atoms with Gasteiger partial charge in [0.2, 0.25) is 100 Å². The summed E-state index contributed by atoms with van der Waals surface area (Å²) in [5.74, 6) is -17.2. The van der Waals surface area contributed by atoms with Crippen molar-refractivity contribution in [1.29, 1.82) is 0 Å². The van der Waals surface area contributed by atoms with Gasteiger partial charge in [-0.15, -0.1) is 11.8 Å². The molecule has 0 aliphatic carbocycles. The summed E-state index contributed by atoms with van der Waals surface area (Å²) in [6.45, 7) is 7.56. The summed E-state index contributed by atoms with van der Waals surface area (Å²) in [6.07, 6.45) is 5.49. The molecule has 6 heterocycles. The van der Waals surface area contributed by atoms with E-state index in [0.717, 1.165) is 21.6 Å². The van der Waals surface area contributed by atoms with E-state index in [1.165, 1.54) is 81.6 Å². The standard InChI is InChI=1S/C88H121N21O19S/c1-10-12-25-69-83(123)96-49(5)75(115)105-68-45-129-46-74(114)97-64(35-51-28-30-55(111)31-29-51)85(125)106(7)50(6)76(116)102-66(39-72(89)112)87(127)109-33-19-27-70(109)84(124)101-63(38-54-42-90-47-95-54)81(121)99-61(34-48(3)4)79(119)98-60(24-18-32-91-73(113)43-94-77(68)117)78(118)100-62(36-52-40-92-58-22-16-14-20-56(52)58)80(120)104-67(44-110)82(122)103-65(37-53-41-93-59-23-17-15-21-57(53)59)86(126)108(9)71(26-13-11-2)88(128)107(69)8/h14-17,20-23,28-31,40-42,47-50,60-71,92-93,110-111H,10-13,18-19,24-27,32-39,43-46H2,1-9H3,(H2,89,112)(H,90,95)(H,91,113)(H,94,117)(H,96,123)(H,97,114)(H,98,119)(H,99,121)(H,100,118)(H,101,124)(H,102,116)(H,103,122)(H,104,120)(H,105,115)/t49-,50-,60-,61-,62-,63-,64-,65-,66-,67-,68-,69-,70?,71-/m0/s1. The van der Waals surface area contributed by atoms with Crippen molar-refractivity contribution in [1.82, 2.24) is 103 Å². The lowest BCUT2D eigenvalue weighted by Crippen LogP contribution is -2.62. The maximum absolute atomic E-state index is 15.6. The Hall–Kier alpha value is -13.0. The molecule has 14 atom stereocenters. The number of hydrogen-bond donors (Lipinski definition) is 18. The summed E-state index contributed by atoms with van der Waals surface area (Å²) < 4.78 is 0. The number of phenolic OH excluding ortho intramolecular Hbond substituents is 1. The van der Waals surface area contributed by atoms with E-state index < -0.39 is 222 Å². The molecule has 0 spiro atoms. The number of rotatable bonds is 19. The highest BCUT2D eigenvalue weighted by Gasteiger charge is 2.44. The van der Waals surface area contributed by atoms with Gasteiger partial charge in [0.15, 0.2) is 0 Å². The Labute approximate surface area is 750 Å². The average molecular weight is 1810 g/mol. The molecule has 19 N–H and O–H groups in total. The van der Waals surface area contributed by atoms with E-state index in [1.807, 2.05) is 13.8 Å². The van der Waals surface area contributed by atoms with E-state index in [0.29, 0.717) is 69.9 Å². The number of para-hydroxylation sites is 2. The highest BCUT2D eigenvalue weighted by molar-refractivity contribution is 8.00. The van der Waals surface area contributed by atoms with E-state index in [9.17, 15) is 58.2 Å². The van der Waals surface area contributed by atoms with Gasteiger partial charge in [0.05, 0.1) is 31.7 Å². The number of thioether (sulfide) groups is 1. The number of unbranched alkanes of at least 4 members (excludes halogenated alkanes) is 2. The number of carbonyl (C=O) groups is 17. The number of primary amides is 1. The van der Waals surface area contributed by atoms with Crippen molar-refractivity contribution in [3.63, 3.8) is 0 Å². The van der Waals surface area contributed by atoms with Gasteiger partial charge >= 0.3 is 0 Å². The van der Waals surface area contributed by atoms with Crippen molar-refractivity contribution in [2.75, 3.05) is 58.9 Å². The van der Waals surface area contributed by atoms with Crippen molar-refractivity contribution in [3.05, 3.63) is 120 Å². The molecule has 129 heavy (non-hydrogen) atoms. The molecular weight excluding hydrogens is 1690 g/mol. The molecule has 1 unspecified atom stereocenters. The van der Waals surface area contributed by atoms with Gasteiger partial charge in [-0.3, -0.25) is 81.5 Å². The third-order valence-corrected chi connectivity index (χ3v) is 24.3. The Morgan fingerprint density at radius 2 is 1.07 bits per heavy atom. The maximum atomic E-state index is 15.6. The maximum Gasteiger partial charge on any atom is 0.246 e. The van der Waals surface area contributed by atoms with E-state index in [-0.39, 0.29) is 89.5 Å². The van der Waals surface area contributed by atoms with Crippen LogP contribution in [0.3, 0.4) is 0 Å². The lowest BCUT2D eigenvalue weighted by Gasteiger charge is -2.36. The van der Waals surface area contributed by atoms with Crippen molar-refractivity contribution in [3.8, 4) is 5.75 Å². The summed E-state index contributed by atoms with van der Waals surface area (Å²) in [7, 11) is 3.98. The quantitative estimate of drug-likeness (QED) is 0.0452. The summed E-state index contributed by atoms with van der Waals surface area (Å²) >= 11 is 0.783. The molecule has 2 bridgehead atoms. The van der Waals surface area contributed by atoms with E-state index >= 15 is 33.6 Å². The molecule has 698 valence electrons. The van der Waals surface area contributed by atoms with Crippen LogP contribution in [0.1, 0.15) is 141 Å². The Kier molecular flexibility index (Phi) is 36.9. The highest BCUT2D eigenvalue weighted by Crippen LogP contribution is 2.26. The number of amides is 17. The lowest BCUT2D eigenvalue weighted by atomic mass is 10.00. The fourth-order valence-electron chi connectivity index (χ4n) is 15.8. The number of likely N-dealkylation sites (N-methyl/N-ethyl adjacent to an activating group) is 3. The summed E-state index contributed by atoms with van der Waals surface area (Å²) in [5.41, 5.74) is 8.73. The Bertz CT molecular complexity index is 4980. The fraction of sp³-hybridized carbons (Fsp3) is 0.523. The molecule has 3 saturated heterocycles. The number of nitrogens with two attached hydrogens (primary N) is 1. The number of aromatic nitrogens is 4. The van der Waals surface area contributed by atoms with Crippen LogP contribution in [-0.4, -0.2) is 294 Å². The number of nitrogens with zero attached hydrogens (tertiary/aromatic N) is 5.